The van der Waals surface area contributed by atoms with Gasteiger partial charge in [0.25, 0.3) is 5.91 Å². The normalized spacial score (nSPS) is 11.5. The molecular weight excluding hydrogens is 300 g/mol. The lowest BCUT2D eigenvalue weighted by Crippen LogP contribution is -2.27. The van der Waals surface area contributed by atoms with E-state index >= 15 is 0 Å². The molecule has 0 saturated carbocycles. The molecule has 0 aromatic heterocycles. The Morgan fingerprint density at radius 1 is 1.08 bits per heavy atom. The molecule has 126 valence electrons. The molecule has 4 nitrogen and oxygen atoms in total. The van der Waals surface area contributed by atoms with Crippen molar-refractivity contribution in [2.45, 2.75) is 27.7 Å². The highest BCUT2D eigenvalue weighted by molar-refractivity contribution is 6.02. The molecule has 0 aliphatic rings. The van der Waals surface area contributed by atoms with E-state index < -0.39 is 0 Å². The third-order valence-electron chi connectivity index (χ3n) is 3.83. The Balaban J connectivity index is 1.99. The van der Waals surface area contributed by atoms with Gasteiger partial charge in [0, 0.05) is 0 Å². The zero-order valence-electron chi connectivity index (χ0n) is 14.7. The molecule has 0 unspecified atom stereocenters. The molecule has 0 radical (unpaired) electrons. The topological polar surface area (TPSA) is 50.7 Å². The largest absolute Gasteiger partial charge is 0.483 e. The first kappa shape index (κ1) is 17.7. The monoisotopic (exact) mass is 324 g/mol. The SMILES string of the molecule is Cc1cccc(OCC(=O)N/N=C(/c2ccccc2)C(C)C)c1C. The maximum Gasteiger partial charge on any atom is 0.277 e. The van der Waals surface area contributed by atoms with Crippen molar-refractivity contribution in [1.82, 2.24) is 5.43 Å². The molecule has 1 amide bonds. The number of amides is 1. The van der Waals surface area contributed by atoms with Gasteiger partial charge in [0.05, 0.1) is 5.71 Å². The van der Waals surface area contributed by atoms with Crippen LogP contribution in [0, 0.1) is 19.8 Å². The van der Waals surface area contributed by atoms with Gasteiger partial charge in [-0.05, 0) is 42.5 Å². The quantitative estimate of drug-likeness (QED) is 0.648. The number of benzene rings is 2. The van der Waals surface area contributed by atoms with E-state index in [1.54, 1.807) is 0 Å². The van der Waals surface area contributed by atoms with Gasteiger partial charge in [0.1, 0.15) is 5.75 Å². The smallest absolute Gasteiger partial charge is 0.277 e. The number of aryl methyl sites for hydroxylation is 1. The van der Waals surface area contributed by atoms with Gasteiger partial charge in [-0.2, -0.15) is 5.10 Å². The molecule has 2 aromatic carbocycles. The standard InChI is InChI=1S/C20H24N2O2/c1-14(2)20(17-10-6-5-7-11-17)22-21-19(23)13-24-18-12-8-9-15(3)16(18)4/h5-12,14H,13H2,1-4H3,(H,21,23)/b22-20+. The lowest BCUT2D eigenvalue weighted by molar-refractivity contribution is -0.123. The lowest BCUT2D eigenvalue weighted by Gasteiger charge is -2.12. The number of nitrogens with zero attached hydrogens (tertiary/aromatic N) is 1. The highest BCUT2D eigenvalue weighted by Gasteiger charge is 2.10. The summed E-state index contributed by atoms with van der Waals surface area (Å²) < 4.78 is 5.60. The Kier molecular flexibility index (Phi) is 6.13. The van der Waals surface area contributed by atoms with Gasteiger partial charge in [0.2, 0.25) is 0 Å². The van der Waals surface area contributed by atoms with E-state index in [1.165, 1.54) is 0 Å². The number of ether oxygens (including phenoxy) is 1. The van der Waals surface area contributed by atoms with Crippen LogP contribution in [-0.2, 0) is 4.79 Å². The summed E-state index contributed by atoms with van der Waals surface area (Å²) in [4.78, 5) is 12.0. The van der Waals surface area contributed by atoms with Crippen LogP contribution >= 0.6 is 0 Å². The predicted octanol–water partition coefficient (Wildman–Crippen LogP) is 3.86. The predicted molar refractivity (Wildman–Crippen MR) is 97.4 cm³/mol. The second-order valence-electron chi connectivity index (χ2n) is 6.04. The number of hydrogen-bond acceptors (Lipinski definition) is 3. The van der Waals surface area contributed by atoms with Gasteiger partial charge in [0.15, 0.2) is 6.61 Å². The van der Waals surface area contributed by atoms with Crippen molar-refractivity contribution >= 4 is 11.6 Å². The number of hydrazone groups is 1. The van der Waals surface area contributed by atoms with E-state index in [2.05, 4.69) is 10.5 Å². The second-order valence-corrected chi connectivity index (χ2v) is 6.04. The van der Waals surface area contributed by atoms with Crippen molar-refractivity contribution in [2.75, 3.05) is 6.61 Å². The molecule has 1 N–H and O–H groups in total. The molecule has 0 saturated heterocycles. The van der Waals surface area contributed by atoms with Crippen molar-refractivity contribution in [2.24, 2.45) is 11.0 Å². The van der Waals surface area contributed by atoms with Gasteiger partial charge in [-0.15, -0.1) is 0 Å². The first-order chi connectivity index (χ1) is 11.5. The summed E-state index contributed by atoms with van der Waals surface area (Å²) in [5.41, 5.74) is 6.62. The van der Waals surface area contributed by atoms with E-state index in [-0.39, 0.29) is 18.4 Å². The molecule has 4 heteroatoms. The summed E-state index contributed by atoms with van der Waals surface area (Å²) in [5.74, 6) is 0.652. The molecule has 0 atom stereocenters. The number of hydrogen-bond donors (Lipinski definition) is 1. The van der Waals surface area contributed by atoms with Crippen molar-refractivity contribution in [1.29, 1.82) is 0 Å². The number of nitrogens with one attached hydrogen (secondary N) is 1. The summed E-state index contributed by atoms with van der Waals surface area (Å²) in [7, 11) is 0. The summed E-state index contributed by atoms with van der Waals surface area (Å²) in [6, 6.07) is 15.6. The van der Waals surface area contributed by atoms with E-state index in [0.717, 1.165) is 28.2 Å². The van der Waals surface area contributed by atoms with Crippen LogP contribution in [0.5, 0.6) is 5.75 Å². The fraction of sp³-hybridized carbons (Fsp3) is 0.300. The van der Waals surface area contributed by atoms with Crippen molar-refractivity contribution in [3.05, 3.63) is 65.2 Å². The molecule has 24 heavy (non-hydrogen) atoms. The highest BCUT2D eigenvalue weighted by atomic mass is 16.5. The van der Waals surface area contributed by atoms with Gasteiger partial charge in [-0.1, -0.05) is 56.3 Å². The minimum absolute atomic E-state index is 0.0615. The Hall–Kier alpha value is -2.62. The minimum atomic E-state index is -0.273. The summed E-state index contributed by atoms with van der Waals surface area (Å²) in [6.07, 6.45) is 0. The Labute approximate surface area is 143 Å². The van der Waals surface area contributed by atoms with Crippen molar-refractivity contribution in [3.8, 4) is 5.75 Å². The van der Waals surface area contributed by atoms with Crippen LogP contribution in [0.1, 0.15) is 30.5 Å². The first-order valence-electron chi connectivity index (χ1n) is 8.10. The first-order valence-corrected chi connectivity index (χ1v) is 8.10. The van der Waals surface area contributed by atoms with Crippen LogP contribution < -0.4 is 10.2 Å². The third-order valence-corrected chi connectivity index (χ3v) is 3.83. The number of rotatable bonds is 6. The minimum Gasteiger partial charge on any atom is -0.483 e. The van der Waals surface area contributed by atoms with Gasteiger partial charge in [-0.25, -0.2) is 5.43 Å². The number of carbonyl (C=O) groups is 1. The zero-order valence-corrected chi connectivity index (χ0v) is 14.7. The molecule has 0 spiro atoms. The maximum absolute atomic E-state index is 12.0. The van der Waals surface area contributed by atoms with E-state index in [4.69, 9.17) is 4.74 Å². The maximum atomic E-state index is 12.0. The molecule has 0 aliphatic carbocycles. The fourth-order valence-corrected chi connectivity index (χ4v) is 2.31. The van der Waals surface area contributed by atoms with Crippen molar-refractivity contribution < 1.29 is 9.53 Å². The Bertz CT molecular complexity index is 722. The third kappa shape index (κ3) is 4.69. The Morgan fingerprint density at radius 2 is 1.79 bits per heavy atom. The summed E-state index contributed by atoms with van der Waals surface area (Å²) in [5, 5.41) is 4.28. The van der Waals surface area contributed by atoms with Crippen LogP contribution in [-0.4, -0.2) is 18.2 Å². The summed E-state index contributed by atoms with van der Waals surface area (Å²) >= 11 is 0. The van der Waals surface area contributed by atoms with Crippen molar-refractivity contribution in [3.63, 3.8) is 0 Å². The van der Waals surface area contributed by atoms with Crippen LogP contribution in [0.2, 0.25) is 0 Å². The van der Waals surface area contributed by atoms with E-state index in [0.29, 0.717) is 0 Å². The molecule has 0 aliphatic heterocycles. The van der Waals surface area contributed by atoms with E-state index in [9.17, 15) is 4.79 Å². The average Bonchev–Trinajstić information content (AvgIpc) is 2.57. The molecular formula is C20H24N2O2. The van der Waals surface area contributed by atoms with Crippen LogP contribution in [0.25, 0.3) is 0 Å². The number of carbonyl (C=O) groups excluding carboxylic acids is 1. The lowest BCUT2D eigenvalue weighted by atomic mass is 10.0. The zero-order chi connectivity index (χ0) is 17.5. The molecule has 0 fully saturated rings. The molecule has 2 rings (SSSR count). The molecule has 2 aromatic rings. The summed E-state index contributed by atoms with van der Waals surface area (Å²) in [6.45, 7) is 8.03. The average molecular weight is 324 g/mol. The van der Waals surface area contributed by atoms with Gasteiger partial charge in [-0.3, -0.25) is 4.79 Å². The fourth-order valence-electron chi connectivity index (χ4n) is 2.31. The van der Waals surface area contributed by atoms with Crippen LogP contribution in [0.4, 0.5) is 0 Å². The Morgan fingerprint density at radius 3 is 2.46 bits per heavy atom. The van der Waals surface area contributed by atoms with Crippen LogP contribution in [0.3, 0.4) is 0 Å². The second kappa shape index (κ2) is 8.29. The van der Waals surface area contributed by atoms with Gasteiger partial charge < -0.3 is 4.74 Å². The van der Waals surface area contributed by atoms with Crippen LogP contribution in [0.15, 0.2) is 53.6 Å². The molecule has 0 bridgehead atoms. The van der Waals surface area contributed by atoms with Gasteiger partial charge >= 0.3 is 0 Å². The van der Waals surface area contributed by atoms with E-state index in [1.807, 2.05) is 76.2 Å². The highest BCUT2D eigenvalue weighted by Crippen LogP contribution is 2.20. The molecule has 0 heterocycles.